The normalized spacial score (nSPS) is 10.5. The molecule has 2 heterocycles. The summed E-state index contributed by atoms with van der Waals surface area (Å²) in [5.41, 5.74) is 7.48. The van der Waals surface area contributed by atoms with Crippen LogP contribution in [0, 0.1) is 0 Å². The van der Waals surface area contributed by atoms with Crippen molar-refractivity contribution in [2.45, 2.75) is 0 Å². The molecule has 1 aromatic carbocycles. The lowest BCUT2D eigenvalue weighted by Gasteiger charge is -2.02. The zero-order valence-corrected chi connectivity index (χ0v) is 11.4. The van der Waals surface area contributed by atoms with Crippen molar-refractivity contribution in [3.63, 3.8) is 0 Å². The van der Waals surface area contributed by atoms with E-state index >= 15 is 0 Å². The number of anilines is 2. The lowest BCUT2D eigenvalue weighted by atomic mass is 10.3. The highest BCUT2D eigenvalue weighted by Crippen LogP contribution is 2.12. The second-order valence-electron chi connectivity index (χ2n) is 4.57. The number of benzene rings is 1. The average molecular weight is 282 g/mol. The number of hydrogen-bond donors (Lipinski definition) is 2. The minimum absolute atomic E-state index is 0.308. The molecule has 7 heteroatoms. The van der Waals surface area contributed by atoms with Crippen LogP contribution >= 0.6 is 0 Å². The molecule has 0 spiro atoms. The number of rotatable bonds is 3. The van der Waals surface area contributed by atoms with Gasteiger partial charge in [-0.3, -0.25) is 9.48 Å². The van der Waals surface area contributed by atoms with Gasteiger partial charge in [-0.15, -0.1) is 0 Å². The summed E-state index contributed by atoms with van der Waals surface area (Å²) in [6.45, 7) is 0. The first kappa shape index (κ1) is 12.9. The minimum atomic E-state index is -0.309. The molecule has 0 bridgehead atoms. The van der Waals surface area contributed by atoms with Crippen LogP contribution < -0.4 is 11.1 Å². The van der Waals surface area contributed by atoms with Crippen LogP contribution in [0.4, 0.5) is 11.5 Å². The quantitative estimate of drug-likeness (QED) is 0.711. The van der Waals surface area contributed by atoms with Gasteiger partial charge >= 0.3 is 0 Å². The maximum atomic E-state index is 12.1. The molecule has 0 saturated carbocycles. The molecule has 21 heavy (non-hydrogen) atoms. The summed E-state index contributed by atoms with van der Waals surface area (Å²) < 4.78 is 3.21. The molecule has 0 atom stereocenters. The third-order valence-corrected chi connectivity index (χ3v) is 2.91. The van der Waals surface area contributed by atoms with Crippen molar-refractivity contribution in [3.05, 3.63) is 54.5 Å². The predicted molar refractivity (Wildman–Crippen MR) is 79.1 cm³/mol. The molecule has 1 amide bonds. The number of nitrogens with one attached hydrogen (secondary N) is 1. The lowest BCUT2D eigenvalue weighted by molar-refractivity contribution is 0.102. The zero-order valence-electron chi connectivity index (χ0n) is 11.4. The van der Waals surface area contributed by atoms with Gasteiger partial charge in [0.1, 0.15) is 0 Å². The molecule has 0 unspecified atom stereocenters. The number of aromatic nitrogens is 4. The molecule has 2 aromatic heterocycles. The SMILES string of the molecule is Cn1ccc(NC(=O)c2ccn(-c3cccc(N)c3)n2)n1. The van der Waals surface area contributed by atoms with Gasteiger partial charge in [0, 0.05) is 31.2 Å². The van der Waals surface area contributed by atoms with Gasteiger partial charge in [0.15, 0.2) is 11.5 Å². The van der Waals surface area contributed by atoms with E-state index in [4.69, 9.17) is 5.73 Å². The smallest absolute Gasteiger partial charge is 0.277 e. The van der Waals surface area contributed by atoms with E-state index in [1.807, 2.05) is 12.1 Å². The fourth-order valence-corrected chi connectivity index (χ4v) is 1.92. The Bertz CT molecular complexity index is 788. The fraction of sp³-hybridized carbons (Fsp3) is 0.0714. The van der Waals surface area contributed by atoms with Crippen LogP contribution in [0.25, 0.3) is 5.69 Å². The number of carbonyl (C=O) groups is 1. The number of hydrogen-bond acceptors (Lipinski definition) is 4. The van der Waals surface area contributed by atoms with Crippen LogP contribution in [0.3, 0.4) is 0 Å². The van der Waals surface area contributed by atoms with Crippen molar-refractivity contribution in [2.75, 3.05) is 11.1 Å². The Morgan fingerprint density at radius 3 is 2.76 bits per heavy atom. The molecular weight excluding hydrogens is 268 g/mol. The van der Waals surface area contributed by atoms with Gasteiger partial charge in [-0.1, -0.05) is 6.07 Å². The van der Waals surface area contributed by atoms with Gasteiger partial charge in [-0.05, 0) is 24.3 Å². The summed E-state index contributed by atoms with van der Waals surface area (Å²) in [6, 6.07) is 10.6. The Morgan fingerprint density at radius 2 is 2.05 bits per heavy atom. The summed E-state index contributed by atoms with van der Waals surface area (Å²) in [4.78, 5) is 12.1. The molecule has 0 aliphatic carbocycles. The lowest BCUT2D eigenvalue weighted by Crippen LogP contribution is -2.13. The molecule has 0 fully saturated rings. The fourth-order valence-electron chi connectivity index (χ4n) is 1.92. The Labute approximate surface area is 121 Å². The first-order valence-corrected chi connectivity index (χ1v) is 6.34. The molecule has 0 saturated heterocycles. The summed E-state index contributed by atoms with van der Waals surface area (Å²) in [5.74, 6) is 0.178. The molecular formula is C14H14N6O. The van der Waals surface area contributed by atoms with E-state index in [9.17, 15) is 4.79 Å². The van der Waals surface area contributed by atoms with Crippen LogP contribution in [-0.4, -0.2) is 25.5 Å². The molecule has 7 nitrogen and oxygen atoms in total. The Kier molecular flexibility index (Phi) is 3.15. The monoisotopic (exact) mass is 282 g/mol. The summed E-state index contributed by atoms with van der Waals surface area (Å²) in [5, 5.41) is 11.0. The summed E-state index contributed by atoms with van der Waals surface area (Å²) >= 11 is 0. The van der Waals surface area contributed by atoms with Crippen molar-refractivity contribution in [1.29, 1.82) is 0 Å². The van der Waals surface area contributed by atoms with Gasteiger partial charge in [0.25, 0.3) is 5.91 Å². The van der Waals surface area contributed by atoms with Crippen LogP contribution in [0.5, 0.6) is 0 Å². The topological polar surface area (TPSA) is 90.8 Å². The van der Waals surface area contributed by atoms with Crippen molar-refractivity contribution in [3.8, 4) is 5.69 Å². The third kappa shape index (κ3) is 2.76. The highest BCUT2D eigenvalue weighted by atomic mass is 16.2. The van der Waals surface area contributed by atoms with Crippen LogP contribution in [-0.2, 0) is 7.05 Å². The second-order valence-corrected chi connectivity index (χ2v) is 4.57. The van der Waals surface area contributed by atoms with Crippen molar-refractivity contribution < 1.29 is 4.79 Å². The van der Waals surface area contributed by atoms with Crippen LogP contribution in [0.2, 0.25) is 0 Å². The standard InChI is InChI=1S/C14H14N6O/c1-19-7-6-13(18-19)16-14(21)12-5-8-20(17-12)11-4-2-3-10(15)9-11/h2-9H,15H2,1H3,(H,16,18,21). The molecule has 0 aliphatic rings. The molecule has 3 N–H and O–H groups in total. The third-order valence-electron chi connectivity index (χ3n) is 2.91. The maximum Gasteiger partial charge on any atom is 0.277 e. The Balaban J connectivity index is 1.80. The highest BCUT2D eigenvalue weighted by molar-refractivity contribution is 6.02. The van der Waals surface area contributed by atoms with Crippen molar-refractivity contribution >= 4 is 17.4 Å². The van der Waals surface area contributed by atoms with Crippen LogP contribution in [0.15, 0.2) is 48.8 Å². The van der Waals surface area contributed by atoms with Crippen molar-refractivity contribution in [1.82, 2.24) is 19.6 Å². The zero-order chi connectivity index (χ0) is 14.8. The number of nitrogens with zero attached hydrogens (tertiary/aromatic N) is 4. The molecule has 0 aliphatic heterocycles. The van der Waals surface area contributed by atoms with E-state index in [-0.39, 0.29) is 5.91 Å². The Morgan fingerprint density at radius 1 is 1.19 bits per heavy atom. The molecule has 3 rings (SSSR count). The predicted octanol–water partition coefficient (Wildman–Crippen LogP) is 1.44. The van der Waals surface area contributed by atoms with Gasteiger partial charge < -0.3 is 11.1 Å². The number of aryl methyl sites for hydroxylation is 1. The number of amides is 1. The molecule has 106 valence electrons. The van der Waals surface area contributed by atoms with Gasteiger partial charge in [-0.25, -0.2) is 4.68 Å². The van der Waals surface area contributed by atoms with E-state index in [1.165, 1.54) is 0 Å². The second kappa shape index (κ2) is 5.12. The van der Waals surface area contributed by atoms with E-state index in [1.54, 1.807) is 53.1 Å². The van der Waals surface area contributed by atoms with Gasteiger partial charge in [-0.2, -0.15) is 10.2 Å². The van der Waals surface area contributed by atoms with Crippen molar-refractivity contribution in [2.24, 2.45) is 7.05 Å². The molecule has 3 aromatic rings. The average Bonchev–Trinajstić information content (AvgIpc) is 3.08. The van der Waals surface area contributed by atoms with E-state index < -0.39 is 0 Å². The first-order chi connectivity index (χ1) is 10.1. The maximum absolute atomic E-state index is 12.1. The van der Waals surface area contributed by atoms with Gasteiger partial charge in [0.2, 0.25) is 0 Å². The van der Waals surface area contributed by atoms with E-state index in [0.717, 1.165) is 5.69 Å². The first-order valence-electron chi connectivity index (χ1n) is 6.34. The van der Waals surface area contributed by atoms with E-state index in [0.29, 0.717) is 17.2 Å². The van der Waals surface area contributed by atoms with Gasteiger partial charge in [0.05, 0.1) is 5.69 Å². The number of nitrogens with two attached hydrogens (primary N) is 1. The summed E-state index contributed by atoms with van der Waals surface area (Å²) in [6.07, 6.45) is 3.46. The van der Waals surface area contributed by atoms with E-state index in [2.05, 4.69) is 15.5 Å². The number of nitrogen functional groups attached to an aromatic ring is 1. The van der Waals surface area contributed by atoms with Crippen LogP contribution in [0.1, 0.15) is 10.5 Å². The minimum Gasteiger partial charge on any atom is -0.399 e. The molecule has 0 radical (unpaired) electrons. The Hall–Kier alpha value is -3.09. The highest BCUT2D eigenvalue weighted by Gasteiger charge is 2.11. The largest absolute Gasteiger partial charge is 0.399 e. The number of carbonyl (C=O) groups excluding carboxylic acids is 1. The summed E-state index contributed by atoms with van der Waals surface area (Å²) in [7, 11) is 1.78.